The van der Waals surface area contributed by atoms with Gasteiger partial charge in [-0.25, -0.2) is 9.59 Å². The van der Waals surface area contributed by atoms with Crippen molar-refractivity contribution in [2.24, 2.45) is 5.92 Å². The second-order valence-corrected chi connectivity index (χ2v) is 7.08. The first-order valence-corrected chi connectivity index (χ1v) is 10.2. The summed E-state index contributed by atoms with van der Waals surface area (Å²) < 4.78 is 10.4. The van der Waals surface area contributed by atoms with Gasteiger partial charge < -0.3 is 14.8 Å². The van der Waals surface area contributed by atoms with Crippen molar-refractivity contribution < 1.29 is 19.1 Å². The van der Waals surface area contributed by atoms with E-state index in [1.165, 1.54) is 32.1 Å². The number of hydrogen-bond acceptors (Lipinski definition) is 4. The van der Waals surface area contributed by atoms with Gasteiger partial charge in [0.1, 0.15) is 6.04 Å². The van der Waals surface area contributed by atoms with Crippen molar-refractivity contribution in [3.8, 4) is 0 Å². The number of hydrogen-bond donors (Lipinski definition) is 1. The molecule has 0 aromatic heterocycles. The van der Waals surface area contributed by atoms with Crippen LogP contribution in [0.25, 0.3) is 0 Å². The number of esters is 1. The molecule has 0 heterocycles. The fourth-order valence-electron chi connectivity index (χ4n) is 2.51. The summed E-state index contributed by atoms with van der Waals surface area (Å²) in [6.45, 7) is 10.3. The average Bonchev–Trinajstić information content (AvgIpc) is 2.61. The van der Waals surface area contributed by atoms with Gasteiger partial charge in [-0.1, -0.05) is 65.4 Å². The Morgan fingerprint density at radius 2 is 1.50 bits per heavy atom. The van der Waals surface area contributed by atoms with Gasteiger partial charge in [-0.2, -0.15) is 0 Å². The first kappa shape index (κ1) is 24.5. The molecule has 0 aliphatic carbocycles. The zero-order valence-corrected chi connectivity index (χ0v) is 17.1. The number of unbranched alkanes of at least 4 members (excludes halogenated alkanes) is 8. The number of rotatable bonds is 16. The molecule has 1 amide bonds. The third kappa shape index (κ3) is 13.7. The minimum atomic E-state index is -0.658. The minimum Gasteiger partial charge on any atom is -0.464 e. The molecule has 0 aromatic rings. The second kappa shape index (κ2) is 16.9. The van der Waals surface area contributed by atoms with E-state index >= 15 is 0 Å². The maximum absolute atomic E-state index is 12.2. The van der Waals surface area contributed by atoms with Crippen molar-refractivity contribution >= 4 is 12.1 Å². The molecule has 0 fully saturated rings. The highest BCUT2D eigenvalue weighted by molar-refractivity contribution is 5.81. The molecule has 5 heteroatoms. The highest BCUT2D eigenvalue weighted by atomic mass is 16.6. The number of carbonyl (C=O) groups excluding carboxylic acids is 2. The van der Waals surface area contributed by atoms with Gasteiger partial charge in [-0.15, -0.1) is 6.58 Å². The SMILES string of the molecule is C=CCCCCCCCCCOC(=O)[C@@H](NC(=O)OCCCC)C(C)C. The molecule has 26 heavy (non-hydrogen) atoms. The fourth-order valence-corrected chi connectivity index (χ4v) is 2.51. The summed E-state index contributed by atoms with van der Waals surface area (Å²) in [7, 11) is 0. The summed E-state index contributed by atoms with van der Waals surface area (Å²) >= 11 is 0. The first-order valence-electron chi connectivity index (χ1n) is 10.2. The third-order valence-electron chi connectivity index (χ3n) is 4.22. The lowest BCUT2D eigenvalue weighted by molar-refractivity contribution is -0.147. The number of alkyl carbamates (subject to hydrolysis) is 1. The van der Waals surface area contributed by atoms with E-state index in [2.05, 4.69) is 11.9 Å². The van der Waals surface area contributed by atoms with Crippen LogP contribution in [0.3, 0.4) is 0 Å². The van der Waals surface area contributed by atoms with Crippen LogP contribution in [0.4, 0.5) is 4.79 Å². The molecule has 0 aliphatic rings. The van der Waals surface area contributed by atoms with Crippen LogP contribution < -0.4 is 5.32 Å². The van der Waals surface area contributed by atoms with Gasteiger partial charge in [0.25, 0.3) is 0 Å². The van der Waals surface area contributed by atoms with Crippen LogP contribution in [0, 0.1) is 5.92 Å². The second-order valence-electron chi connectivity index (χ2n) is 7.08. The van der Waals surface area contributed by atoms with Crippen LogP contribution in [0.2, 0.25) is 0 Å². The molecule has 1 atom stereocenters. The summed E-state index contributed by atoms with van der Waals surface area (Å²) in [5.41, 5.74) is 0. The molecule has 0 spiro atoms. The number of nitrogens with one attached hydrogen (secondary N) is 1. The van der Waals surface area contributed by atoms with E-state index in [-0.39, 0.29) is 11.9 Å². The standard InChI is InChI=1S/C21H39NO4/c1-5-7-9-10-11-12-13-14-15-17-25-20(23)19(18(3)4)22-21(24)26-16-8-6-2/h5,18-19H,1,6-17H2,2-4H3,(H,22,24)/t19-/m0/s1. The summed E-state index contributed by atoms with van der Waals surface area (Å²) in [5, 5.41) is 2.62. The Morgan fingerprint density at radius 3 is 2.08 bits per heavy atom. The van der Waals surface area contributed by atoms with Crippen molar-refractivity contribution in [3.05, 3.63) is 12.7 Å². The van der Waals surface area contributed by atoms with Gasteiger partial charge in [0, 0.05) is 0 Å². The van der Waals surface area contributed by atoms with Crippen LogP contribution in [-0.4, -0.2) is 31.3 Å². The predicted molar refractivity (Wildman–Crippen MR) is 106 cm³/mol. The quantitative estimate of drug-likeness (QED) is 0.225. The monoisotopic (exact) mass is 369 g/mol. The Hall–Kier alpha value is -1.52. The number of carbonyl (C=O) groups is 2. The van der Waals surface area contributed by atoms with Crippen LogP contribution >= 0.6 is 0 Å². The molecule has 0 bridgehead atoms. The van der Waals surface area contributed by atoms with Crippen LogP contribution in [0.1, 0.15) is 85.0 Å². The Labute approximate surface area is 159 Å². The van der Waals surface area contributed by atoms with Gasteiger partial charge in [-0.3, -0.25) is 0 Å². The molecule has 0 unspecified atom stereocenters. The number of allylic oxidation sites excluding steroid dienone is 1. The van der Waals surface area contributed by atoms with E-state index in [1.807, 2.05) is 26.8 Å². The molecule has 5 nitrogen and oxygen atoms in total. The lowest BCUT2D eigenvalue weighted by atomic mass is 10.1. The van der Waals surface area contributed by atoms with Crippen molar-refractivity contribution in [1.29, 1.82) is 0 Å². The Balaban J connectivity index is 3.84. The van der Waals surface area contributed by atoms with Crippen molar-refractivity contribution in [1.82, 2.24) is 5.32 Å². The summed E-state index contributed by atoms with van der Waals surface area (Å²) in [5.74, 6) is -0.423. The number of ether oxygens (including phenoxy) is 2. The summed E-state index contributed by atoms with van der Waals surface area (Å²) in [4.78, 5) is 23.9. The molecule has 1 N–H and O–H groups in total. The highest BCUT2D eigenvalue weighted by Crippen LogP contribution is 2.10. The van der Waals surface area contributed by atoms with E-state index in [0.717, 1.165) is 32.1 Å². The van der Waals surface area contributed by atoms with E-state index in [4.69, 9.17) is 9.47 Å². The van der Waals surface area contributed by atoms with Gasteiger partial charge in [-0.05, 0) is 31.6 Å². The van der Waals surface area contributed by atoms with Crippen LogP contribution in [0.15, 0.2) is 12.7 Å². The lowest BCUT2D eigenvalue weighted by Crippen LogP contribution is -2.45. The van der Waals surface area contributed by atoms with E-state index in [0.29, 0.717) is 13.2 Å². The van der Waals surface area contributed by atoms with Crippen molar-refractivity contribution in [2.75, 3.05) is 13.2 Å². The normalized spacial score (nSPS) is 11.8. The minimum absolute atomic E-state index is 0.0446. The lowest BCUT2D eigenvalue weighted by Gasteiger charge is -2.20. The van der Waals surface area contributed by atoms with Gasteiger partial charge in [0.2, 0.25) is 0 Å². The van der Waals surface area contributed by atoms with E-state index in [1.54, 1.807) is 0 Å². The van der Waals surface area contributed by atoms with Crippen LogP contribution in [0.5, 0.6) is 0 Å². The smallest absolute Gasteiger partial charge is 0.407 e. The molecular formula is C21H39NO4. The van der Waals surface area contributed by atoms with Crippen molar-refractivity contribution in [3.63, 3.8) is 0 Å². The molecule has 0 radical (unpaired) electrons. The molecule has 0 aliphatic heterocycles. The molecule has 152 valence electrons. The van der Waals surface area contributed by atoms with Gasteiger partial charge in [0.05, 0.1) is 13.2 Å². The summed E-state index contributed by atoms with van der Waals surface area (Å²) in [6.07, 6.45) is 12.4. The zero-order chi connectivity index (χ0) is 19.6. The maximum atomic E-state index is 12.2. The molecule has 0 aromatic carbocycles. The zero-order valence-electron chi connectivity index (χ0n) is 17.1. The number of amides is 1. The molecule has 0 saturated heterocycles. The molecular weight excluding hydrogens is 330 g/mol. The third-order valence-corrected chi connectivity index (χ3v) is 4.22. The fraction of sp³-hybridized carbons (Fsp3) is 0.810. The van der Waals surface area contributed by atoms with E-state index in [9.17, 15) is 9.59 Å². The van der Waals surface area contributed by atoms with E-state index < -0.39 is 12.1 Å². The maximum Gasteiger partial charge on any atom is 0.407 e. The average molecular weight is 370 g/mol. The molecule has 0 rings (SSSR count). The van der Waals surface area contributed by atoms with Crippen molar-refractivity contribution in [2.45, 2.75) is 91.0 Å². The highest BCUT2D eigenvalue weighted by Gasteiger charge is 2.26. The largest absolute Gasteiger partial charge is 0.464 e. The van der Waals surface area contributed by atoms with Gasteiger partial charge in [0.15, 0.2) is 0 Å². The summed E-state index contributed by atoms with van der Waals surface area (Å²) in [6, 6.07) is -0.658. The Bertz CT molecular complexity index is 382. The first-order chi connectivity index (χ1) is 12.5. The topological polar surface area (TPSA) is 64.6 Å². The Kier molecular flexibility index (Phi) is 15.9. The van der Waals surface area contributed by atoms with Crippen LogP contribution in [-0.2, 0) is 14.3 Å². The predicted octanol–water partition coefficient (Wildman–Crippen LogP) is 5.39. The van der Waals surface area contributed by atoms with Gasteiger partial charge >= 0.3 is 12.1 Å². The Morgan fingerprint density at radius 1 is 0.923 bits per heavy atom. The molecule has 0 saturated carbocycles.